The van der Waals surface area contributed by atoms with Gasteiger partial charge in [0, 0.05) is 11.5 Å². The van der Waals surface area contributed by atoms with E-state index in [0.29, 0.717) is 0 Å². The Bertz CT molecular complexity index is 485. The highest BCUT2D eigenvalue weighted by Crippen LogP contribution is 2.30. The molecule has 0 aromatic heterocycles. The van der Waals surface area contributed by atoms with Crippen molar-refractivity contribution in [2.45, 2.75) is 32.8 Å². The van der Waals surface area contributed by atoms with Crippen molar-refractivity contribution >= 4 is 12.0 Å². The van der Waals surface area contributed by atoms with Crippen molar-refractivity contribution in [3.05, 3.63) is 53.6 Å². The Morgan fingerprint density at radius 2 is 2.00 bits per heavy atom. The Hall–Kier alpha value is -1.83. The van der Waals surface area contributed by atoms with Crippen LogP contribution in [0.5, 0.6) is 0 Å². The van der Waals surface area contributed by atoms with E-state index >= 15 is 0 Å². The van der Waals surface area contributed by atoms with E-state index in [1.165, 1.54) is 0 Å². The molecule has 0 bridgehead atoms. The summed E-state index contributed by atoms with van der Waals surface area (Å²) in [5, 5.41) is 0. The van der Waals surface area contributed by atoms with Crippen LogP contribution in [0, 0.1) is 5.92 Å². The fourth-order valence-electron chi connectivity index (χ4n) is 2.25. The number of cyclic esters (lactones) is 1. The van der Waals surface area contributed by atoms with E-state index < -0.39 is 0 Å². The molecule has 2 nitrogen and oxygen atoms in total. The van der Waals surface area contributed by atoms with Gasteiger partial charge in [-0.2, -0.15) is 0 Å². The van der Waals surface area contributed by atoms with Gasteiger partial charge < -0.3 is 4.74 Å². The number of ether oxygens (including phenoxy) is 1. The molecule has 2 atom stereocenters. The molecule has 1 aliphatic heterocycles. The SMILES string of the molecule is CCC/C=C/[C@H]1/C(=C\c2ccccc2)C(=O)O[C@@H]1C. The number of carbonyl (C=O) groups excluding carboxylic acids is 1. The molecular formula is C17H20O2. The summed E-state index contributed by atoms with van der Waals surface area (Å²) in [6, 6.07) is 9.90. The molecule has 1 aromatic rings. The third kappa shape index (κ3) is 3.34. The zero-order valence-corrected chi connectivity index (χ0v) is 11.5. The second-order valence-corrected chi connectivity index (χ2v) is 4.86. The Labute approximate surface area is 114 Å². The number of hydrogen-bond acceptors (Lipinski definition) is 2. The maximum atomic E-state index is 11.9. The number of allylic oxidation sites excluding steroid dienone is 1. The van der Waals surface area contributed by atoms with Gasteiger partial charge in [0.25, 0.3) is 0 Å². The van der Waals surface area contributed by atoms with E-state index in [0.717, 1.165) is 24.0 Å². The van der Waals surface area contributed by atoms with Crippen molar-refractivity contribution in [2.75, 3.05) is 0 Å². The molecule has 0 aliphatic carbocycles. The van der Waals surface area contributed by atoms with Crippen molar-refractivity contribution < 1.29 is 9.53 Å². The summed E-state index contributed by atoms with van der Waals surface area (Å²) in [6.45, 7) is 4.09. The van der Waals surface area contributed by atoms with Gasteiger partial charge in [0.1, 0.15) is 6.10 Å². The zero-order chi connectivity index (χ0) is 13.7. The van der Waals surface area contributed by atoms with Crippen molar-refractivity contribution in [1.82, 2.24) is 0 Å². The molecule has 1 aliphatic rings. The molecule has 2 heteroatoms. The lowest BCUT2D eigenvalue weighted by molar-refractivity contribution is -0.138. The number of rotatable bonds is 4. The third-order valence-corrected chi connectivity index (χ3v) is 3.31. The average Bonchev–Trinajstić information content (AvgIpc) is 2.67. The van der Waals surface area contributed by atoms with Crippen molar-refractivity contribution in [3.8, 4) is 0 Å². The van der Waals surface area contributed by atoms with Crippen molar-refractivity contribution in [1.29, 1.82) is 0 Å². The molecule has 0 unspecified atom stereocenters. The second kappa shape index (κ2) is 6.37. The predicted octanol–water partition coefficient (Wildman–Crippen LogP) is 3.99. The maximum absolute atomic E-state index is 11.9. The number of unbranched alkanes of at least 4 members (excludes halogenated alkanes) is 1. The van der Waals surface area contributed by atoms with Crippen LogP contribution in [0.15, 0.2) is 48.1 Å². The maximum Gasteiger partial charge on any atom is 0.335 e. The first-order valence-electron chi connectivity index (χ1n) is 6.86. The van der Waals surface area contributed by atoms with Crippen LogP contribution >= 0.6 is 0 Å². The molecule has 2 rings (SSSR count). The molecule has 0 N–H and O–H groups in total. The minimum Gasteiger partial charge on any atom is -0.458 e. The number of carbonyl (C=O) groups is 1. The van der Waals surface area contributed by atoms with Crippen LogP contribution in [0.25, 0.3) is 6.08 Å². The summed E-state index contributed by atoms with van der Waals surface area (Å²) in [5.74, 6) is -0.123. The van der Waals surface area contributed by atoms with Crippen LogP contribution in [0.2, 0.25) is 0 Å². The van der Waals surface area contributed by atoms with Gasteiger partial charge >= 0.3 is 5.97 Å². The molecule has 1 saturated heterocycles. The summed E-state index contributed by atoms with van der Waals surface area (Å²) in [4.78, 5) is 11.9. The van der Waals surface area contributed by atoms with Crippen LogP contribution in [-0.2, 0) is 9.53 Å². The lowest BCUT2D eigenvalue weighted by Gasteiger charge is -2.08. The fourth-order valence-corrected chi connectivity index (χ4v) is 2.25. The molecule has 100 valence electrons. The van der Waals surface area contributed by atoms with Gasteiger partial charge in [-0.25, -0.2) is 4.79 Å². The quantitative estimate of drug-likeness (QED) is 0.462. The molecule has 0 amide bonds. The molecule has 19 heavy (non-hydrogen) atoms. The molecule has 0 radical (unpaired) electrons. The third-order valence-electron chi connectivity index (χ3n) is 3.31. The topological polar surface area (TPSA) is 26.3 Å². The van der Waals surface area contributed by atoms with Gasteiger partial charge in [-0.3, -0.25) is 0 Å². The van der Waals surface area contributed by atoms with E-state index in [4.69, 9.17) is 4.74 Å². The van der Waals surface area contributed by atoms with E-state index in [1.54, 1.807) is 0 Å². The summed E-state index contributed by atoms with van der Waals surface area (Å²) < 4.78 is 5.33. The first-order chi connectivity index (χ1) is 9.22. The first-order valence-corrected chi connectivity index (χ1v) is 6.86. The standard InChI is InChI=1S/C17H20O2/c1-3-4-6-11-15-13(2)19-17(18)16(15)12-14-9-7-5-8-10-14/h5-13,15H,3-4H2,1-2H3/b11-6+,16-12+/t13-,15-/m1/s1. The first kappa shape index (κ1) is 13.6. The van der Waals surface area contributed by atoms with Crippen LogP contribution in [0.3, 0.4) is 0 Å². The summed E-state index contributed by atoms with van der Waals surface area (Å²) in [6.07, 6.45) is 8.26. The number of hydrogen-bond donors (Lipinski definition) is 0. The number of benzene rings is 1. The van der Waals surface area contributed by atoms with Crippen molar-refractivity contribution in [3.63, 3.8) is 0 Å². The smallest absolute Gasteiger partial charge is 0.335 e. The summed E-state index contributed by atoms with van der Waals surface area (Å²) in [5.41, 5.74) is 1.79. The van der Waals surface area contributed by atoms with E-state index in [9.17, 15) is 4.79 Å². The Kier molecular flexibility index (Phi) is 4.56. The summed E-state index contributed by atoms with van der Waals surface area (Å²) >= 11 is 0. The zero-order valence-electron chi connectivity index (χ0n) is 11.5. The monoisotopic (exact) mass is 256 g/mol. The van der Waals surface area contributed by atoms with Gasteiger partial charge in [-0.05, 0) is 25.0 Å². The fraction of sp³-hybridized carbons (Fsp3) is 0.353. The van der Waals surface area contributed by atoms with Gasteiger partial charge in [-0.1, -0.05) is 55.8 Å². The van der Waals surface area contributed by atoms with Gasteiger partial charge in [0.05, 0.1) is 0 Å². The van der Waals surface area contributed by atoms with Gasteiger partial charge in [0.15, 0.2) is 0 Å². The number of esters is 1. The highest BCUT2D eigenvalue weighted by atomic mass is 16.5. The van der Waals surface area contributed by atoms with E-state index in [1.807, 2.05) is 43.3 Å². The molecule has 0 spiro atoms. The Balaban J connectivity index is 2.25. The van der Waals surface area contributed by atoms with Gasteiger partial charge in [0.2, 0.25) is 0 Å². The minimum atomic E-state index is -0.192. The van der Waals surface area contributed by atoms with E-state index in [-0.39, 0.29) is 18.0 Å². The Morgan fingerprint density at radius 1 is 1.26 bits per heavy atom. The van der Waals surface area contributed by atoms with Crippen LogP contribution in [-0.4, -0.2) is 12.1 Å². The van der Waals surface area contributed by atoms with Crippen LogP contribution in [0.4, 0.5) is 0 Å². The summed E-state index contributed by atoms with van der Waals surface area (Å²) in [7, 11) is 0. The highest BCUT2D eigenvalue weighted by molar-refractivity contribution is 5.96. The van der Waals surface area contributed by atoms with Gasteiger partial charge in [-0.15, -0.1) is 0 Å². The minimum absolute atomic E-state index is 0.0688. The molecule has 1 heterocycles. The van der Waals surface area contributed by atoms with Crippen LogP contribution in [0.1, 0.15) is 32.3 Å². The predicted molar refractivity (Wildman–Crippen MR) is 77.5 cm³/mol. The largest absolute Gasteiger partial charge is 0.458 e. The van der Waals surface area contributed by atoms with Crippen molar-refractivity contribution in [2.24, 2.45) is 5.92 Å². The second-order valence-electron chi connectivity index (χ2n) is 4.86. The molecule has 0 saturated carbocycles. The van der Waals surface area contributed by atoms with E-state index in [2.05, 4.69) is 19.1 Å². The normalized spacial score (nSPS) is 25.2. The van der Waals surface area contributed by atoms with Crippen LogP contribution < -0.4 is 0 Å². The molecule has 1 fully saturated rings. The lowest BCUT2D eigenvalue weighted by atomic mass is 9.94. The Morgan fingerprint density at radius 3 is 2.68 bits per heavy atom. The molecular weight excluding hydrogens is 236 g/mol. The highest BCUT2D eigenvalue weighted by Gasteiger charge is 2.34. The molecule has 1 aromatic carbocycles. The average molecular weight is 256 g/mol. The lowest BCUT2D eigenvalue weighted by Crippen LogP contribution is -2.09.